The number of aryl methyl sites for hydroxylation is 3. The largest absolute Gasteiger partial charge is 0.326 e. The van der Waals surface area contributed by atoms with Crippen molar-refractivity contribution in [2.75, 3.05) is 16.4 Å². The summed E-state index contributed by atoms with van der Waals surface area (Å²) in [6.07, 6.45) is -0.159. The maximum absolute atomic E-state index is 13.0. The zero-order chi connectivity index (χ0) is 21.3. The van der Waals surface area contributed by atoms with Crippen LogP contribution in [0.2, 0.25) is 0 Å². The average Bonchev–Trinajstić information content (AvgIpc) is 2.63. The summed E-state index contributed by atoms with van der Waals surface area (Å²) in [6.45, 7) is 7.33. The predicted octanol–water partition coefficient (Wildman–Crippen LogP) is 3.85. The molecule has 2 N–H and O–H groups in total. The Balaban J connectivity index is 1.76. The summed E-state index contributed by atoms with van der Waals surface area (Å²) >= 11 is 1.37. The van der Waals surface area contributed by atoms with Gasteiger partial charge < -0.3 is 10.6 Å². The summed E-state index contributed by atoms with van der Waals surface area (Å²) in [5.74, 6) is -0.195. The number of rotatable bonds is 5. The number of thioether (sulfide) groups is 1. The molecule has 154 valence electrons. The van der Waals surface area contributed by atoms with Gasteiger partial charge in [0, 0.05) is 17.0 Å². The number of nitrogens with one attached hydrogen (secondary N) is 2. The van der Waals surface area contributed by atoms with Gasteiger partial charge in [-0.25, -0.2) is 8.42 Å². The molecule has 0 saturated heterocycles. The molecule has 1 aliphatic rings. The van der Waals surface area contributed by atoms with Crippen molar-refractivity contribution in [3.63, 3.8) is 0 Å². The normalized spacial score (nSPS) is 14.7. The highest BCUT2D eigenvalue weighted by atomic mass is 32.2. The summed E-state index contributed by atoms with van der Waals surface area (Å²) in [5.41, 5.74) is 4.20. The molecule has 0 fully saturated rings. The molecule has 6 nitrogen and oxygen atoms in total. The van der Waals surface area contributed by atoms with Crippen LogP contribution in [-0.4, -0.2) is 31.2 Å². The lowest BCUT2D eigenvalue weighted by atomic mass is 10.0. The van der Waals surface area contributed by atoms with Crippen LogP contribution in [0.1, 0.15) is 30.0 Å². The molecule has 0 aromatic heterocycles. The molecule has 3 rings (SSSR count). The summed E-state index contributed by atoms with van der Waals surface area (Å²) in [6, 6.07) is 8.64. The van der Waals surface area contributed by atoms with E-state index in [1.807, 2.05) is 32.9 Å². The zero-order valence-corrected chi connectivity index (χ0v) is 18.5. The summed E-state index contributed by atoms with van der Waals surface area (Å²) < 4.78 is 25.9. The Hall–Kier alpha value is -2.32. The van der Waals surface area contributed by atoms with Crippen LogP contribution in [0.5, 0.6) is 0 Å². The molecule has 2 aromatic carbocycles. The molecule has 1 aliphatic heterocycles. The van der Waals surface area contributed by atoms with Crippen LogP contribution in [0.4, 0.5) is 11.4 Å². The molecule has 2 aromatic rings. The van der Waals surface area contributed by atoms with Crippen molar-refractivity contribution in [3.8, 4) is 0 Å². The summed E-state index contributed by atoms with van der Waals surface area (Å²) in [5, 5.41) is 4.65. The smallest absolute Gasteiger partial charge is 0.234 e. The van der Waals surface area contributed by atoms with E-state index in [0.717, 1.165) is 27.3 Å². The Bertz CT molecular complexity index is 1070. The van der Waals surface area contributed by atoms with Crippen LogP contribution in [0, 0.1) is 20.8 Å². The first kappa shape index (κ1) is 21.4. The van der Waals surface area contributed by atoms with E-state index in [9.17, 15) is 18.0 Å². The van der Waals surface area contributed by atoms with Crippen molar-refractivity contribution >= 4 is 44.8 Å². The molecule has 0 saturated carbocycles. The highest BCUT2D eigenvalue weighted by Gasteiger charge is 2.28. The predicted molar refractivity (Wildman–Crippen MR) is 116 cm³/mol. The van der Waals surface area contributed by atoms with Crippen LogP contribution < -0.4 is 10.6 Å². The van der Waals surface area contributed by atoms with E-state index in [-0.39, 0.29) is 23.1 Å². The number of hydrogen-bond donors (Lipinski definition) is 2. The van der Waals surface area contributed by atoms with Gasteiger partial charge in [-0.3, -0.25) is 9.59 Å². The van der Waals surface area contributed by atoms with Gasteiger partial charge in [0.1, 0.15) is 0 Å². The van der Waals surface area contributed by atoms with Gasteiger partial charge in [-0.05, 0) is 57.0 Å². The molecular weight excluding hydrogens is 408 g/mol. The molecule has 29 heavy (non-hydrogen) atoms. The lowest BCUT2D eigenvalue weighted by molar-refractivity contribution is -0.116. The number of hydrogen-bond acceptors (Lipinski definition) is 5. The lowest BCUT2D eigenvalue weighted by Gasteiger charge is -2.19. The number of carbonyl (C=O) groups is 2. The first-order chi connectivity index (χ1) is 13.6. The molecule has 8 heteroatoms. The SMILES string of the molecule is Cc1cc(C)c(NC(=O)C[C@H](C)S(=O)(=O)c2ccc3c(c2)NC(=O)CS3)c(C)c1. The van der Waals surface area contributed by atoms with Gasteiger partial charge in [0.15, 0.2) is 9.84 Å². The van der Waals surface area contributed by atoms with Crippen LogP contribution in [0.25, 0.3) is 0 Å². The third-order valence-electron chi connectivity index (χ3n) is 4.86. The van der Waals surface area contributed by atoms with Gasteiger partial charge in [0.25, 0.3) is 0 Å². The van der Waals surface area contributed by atoms with Crippen molar-refractivity contribution < 1.29 is 18.0 Å². The van der Waals surface area contributed by atoms with E-state index in [4.69, 9.17) is 0 Å². The monoisotopic (exact) mass is 432 g/mol. The van der Waals surface area contributed by atoms with Crippen molar-refractivity contribution in [3.05, 3.63) is 47.0 Å². The van der Waals surface area contributed by atoms with E-state index in [0.29, 0.717) is 11.4 Å². The Morgan fingerprint density at radius 3 is 2.48 bits per heavy atom. The van der Waals surface area contributed by atoms with Crippen molar-refractivity contribution in [1.82, 2.24) is 0 Å². The number of benzene rings is 2. The van der Waals surface area contributed by atoms with Crippen LogP contribution in [0.3, 0.4) is 0 Å². The number of amides is 2. The Morgan fingerprint density at radius 2 is 1.83 bits per heavy atom. The standard InChI is InChI=1S/C21H24N2O4S2/c1-12-7-13(2)21(14(3)8-12)23-19(24)9-15(4)29(26,27)16-5-6-18-17(10-16)22-20(25)11-28-18/h5-8,10,15H,9,11H2,1-4H3,(H,22,25)(H,23,24)/t15-/m0/s1. The van der Waals surface area contributed by atoms with Crippen molar-refractivity contribution in [2.45, 2.75) is 49.2 Å². The van der Waals surface area contributed by atoms with Crippen molar-refractivity contribution in [2.24, 2.45) is 0 Å². The Morgan fingerprint density at radius 1 is 1.17 bits per heavy atom. The Kier molecular flexibility index (Phi) is 6.05. The second-order valence-electron chi connectivity index (χ2n) is 7.38. The molecule has 0 spiro atoms. The summed E-state index contributed by atoms with van der Waals surface area (Å²) in [4.78, 5) is 25.0. The number of anilines is 2. The fraction of sp³-hybridized carbons (Fsp3) is 0.333. The van der Waals surface area contributed by atoms with E-state index in [1.54, 1.807) is 6.07 Å². The second kappa shape index (κ2) is 8.20. The second-order valence-corrected chi connectivity index (χ2v) is 10.8. The van der Waals surface area contributed by atoms with Crippen LogP contribution in [0.15, 0.2) is 40.1 Å². The fourth-order valence-corrected chi connectivity index (χ4v) is 5.57. The molecular formula is C21H24N2O4S2. The maximum Gasteiger partial charge on any atom is 0.234 e. The quantitative estimate of drug-likeness (QED) is 0.749. The van der Waals surface area contributed by atoms with Crippen LogP contribution >= 0.6 is 11.8 Å². The third-order valence-corrected chi connectivity index (χ3v) is 8.07. The Labute approximate surface area is 175 Å². The maximum atomic E-state index is 13.0. The van der Waals surface area contributed by atoms with Crippen molar-refractivity contribution in [1.29, 1.82) is 0 Å². The number of carbonyl (C=O) groups excluding carboxylic acids is 2. The minimum atomic E-state index is -3.73. The average molecular weight is 433 g/mol. The van der Waals surface area contributed by atoms with Gasteiger partial charge in [0.2, 0.25) is 11.8 Å². The lowest BCUT2D eigenvalue weighted by Crippen LogP contribution is -2.26. The van der Waals surface area contributed by atoms with Gasteiger partial charge >= 0.3 is 0 Å². The van der Waals surface area contributed by atoms with Gasteiger partial charge in [0.05, 0.1) is 21.6 Å². The molecule has 0 aliphatic carbocycles. The number of sulfone groups is 1. The molecule has 1 atom stereocenters. The molecule has 0 radical (unpaired) electrons. The first-order valence-electron chi connectivity index (χ1n) is 9.26. The molecule has 2 amide bonds. The summed E-state index contributed by atoms with van der Waals surface area (Å²) in [7, 11) is -3.73. The van der Waals surface area contributed by atoms with Crippen LogP contribution in [-0.2, 0) is 19.4 Å². The van der Waals surface area contributed by atoms with E-state index in [2.05, 4.69) is 10.6 Å². The highest BCUT2D eigenvalue weighted by molar-refractivity contribution is 8.00. The number of fused-ring (bicyclic) bond motifs is 1. The van der Waals surface area contributed by atoms with E-state index in [1.165, 1.54) is 30.8 Å². The zero-order valence-electron chi connectivity index (χ0n) is 16.8. The molecule has 0 unspecified atom stereocenters. The molecule has 1 heterocycles. The van der Waals surface area contributed by atoms with E-state index < -0.39 is 15.1 Å². The topological polar surface area (TPSA) is 92.3 Å². The van der Waals surface area contributed by atoms with Gasteiger partial charge in [-0.2, -0.15) is 0 Å². The van der Waals surface area contributed by atoms with E-state index >= 15 is 0 Å². The third kappa shape index (κ3) is 4.64. The highest BCUT2D eigenvalue weighted by Crippen LogP contribution is 2.34. The molecule has 0 bridgehead atoms. The van der Waals surface area contributed by atoms with Gasteiger partial charge in [-0.15, -0.1) is 11.8 Å². The first-order valence-corrected chi connectivity index (χ1v) is 11.8. The minimum Gasteiger partial charge on any atom is -0.326 e. The van der Waals surface area contributed by atoms with Gasteiger partial charge in [-0.1, -0.05) is 17.7 Å². The fourth-order valence-electron chi connectivity index (χ4n) is 3.41. The minimum absolute atomic E-state index is 0.0991.